The van der Waals surface area contributed by atoms with E-state index in [2.05, 4.69) is 6.07 Å². The first-order valence-electron chi connectivity index (χ1n) is 7.30. The number of fused-ring (bicyclic) bond motifs is 1. The zero-order valence-electron chi connectivity index (χ0n) is 13.0. The Morgan fingerprint density at radius 2 is 1.87 bits per heavy atom. The second-order valence-electron chi connectivity index (χ2n) is 5.34. The maximum absolute atomic E-state index is 12.9. The third-order valence-corrected chi connectivity index (χ3v) is 3.96. The number of methoxy groups -OCH3 is 1. The molecule has 0 bridgehead atoms. The van der Waals surface area contributed by atoms with Crippen LogP contribution < -0.4 is 9.64 Å². The fourth-order valence-electron chi connectivity index (χ4n) is 2.77. The van der Waals surface area contributed by atoms with Crippen molar-refractivity contribution in [2.24, 2.45) is 0 Å². The quantitative estimate of drug-likeness (QED) is 0.851. The molecular weight excluding hydrogens is 288 g/mol. The molecule has 2 aromatic carbocycles. The van der Waals surface area contributed by atoms with E-state index in [0.29, 0.717) is 11.3 Å². The Morgan fingerprint density at radius 1 is 1.17 bits per heavy atom. The number of carbonyl (C=O) groups is 1. The summed E-state index contributed by atoms with van der Waals surface area (Å²) in [4.78, 5) is 14.5. The van der Waals surface area contributed by atoms with Gasteiger partial charge < -0.3 is 4.74 Å². The fourth-order valence-corrected chi connectivity index (χ4v) is 2.77. The molecule has 0 radical (unpaired) electrons. The highest BCUT2D eigenvalue weighted by Crippen LogP contribution is 2.34. The predicted octanol–water partition coefficient (Wildman–Crippen LogP) is 3.65. The highest BCUT2D eigenvalue weighted by atomic mass is 16.5. The number of benzene rings is 2. The molecule has 1 amide bonds. The second-order valence-corrected chi connectivity index (χ2v) is 5.34. The molecule has 0 fully saturated rings. The number of carbonyl (C=O) groups excluding carboxylic acids is 1. The maximum Gasteiger partial charge on any atom is 0.259 e. The van der Waals surface area contributed by atoms with Crippen molar-refractivity contribution < 1.29 is 9.53 Å². The van der Waals surface area contributed by atoms with E-state index in [1.807, 2.05) is 37.3 Å². The second kappa shape index (κ2) is 5.98. The van der Waals surface area contributed by atoms with Crippen molar-refractivity contribution in [1.29, 1.82) is 5.26 Å². The molecule has 0 saturated heterocycles. The number of nitrogens with zero attached hydrogens (tertiary/aromatic N) is 2. The Morgan fingerprint density at radius 3 is 2.52 bits per heavy atom. The minimum atomic E-state index is -0.612. The van der Waals surface area contributed by atoms with Crippen LogP contribution in [0.4, 0.5) is 5.69 Å². The van der Waals surface area contributed by atoms with Crippen molar-refractivity contribution in [3.05, 3.63) is 65.7 Å². The molecule has 1 aliphatic rings. The molecular formula is C19H16N2O2. The number of ether oxygens (including phenoxy) is 1. The van der Waals surface area contributed by atoms with Gasteiger partial charge in [0.25, 0.3) is 5.91 Å². The first-order chi connectivity index (χ1) is 11.2. The molecule has 0 spiro atoms. The highest BCUT2D eigenvalue weighted by molar-refractivity contribution is 6.09. The summed E-state index contributed by atoms with van der Waals surface area (Å²) in [6.07, 6.45) is 1.82. The van der Waals surface area contributed by atoms with Crippen LogP contribution in [-0.4, -0.2) is 19.1 Å². The zero-order chi connectivity index (χ0) is 16.4. The highest BCUT2D eigenvalue weighted by Gasteiger charge is 2.30. The normalized spacial score (nSPS) is 16.1. The van der Waals surface area contributed by atoms with Gasteiger partial charge in [0.1, 0.15) is 11.8 Å². The Hall–Kier alpha value is -3.06. The van der Waals surface area contributed by atoms with E-state index in [9.17, 15) is 10.1 Å². The molecule has 114 valence electrons. The maximum atomic E-state index is 12.9. The molecule has 1 atom stereocenters. The zero-order valence-corrected chi connectivity index (χ0v) is 13.0. The minimum absolute atomic E-state index is 0.199. The van der Waals surface area contributed by atoms with Gasteiger partial charge in [-0.1, -0.05) is 18.2 Å². The molecule has 1 heterocycles. The van der Waals surface area contributed by atoms with Gasteiger partial charge in [-0.25, -0.2) is 0 Å². The van der Waals surface area contributed by atoms with Crippen LogP contribution in [0.3, 0.4) is 0 Å². The van der Waals surface area contributed by atoms with E-state index in [1.165, 1.54) is 0 Å². The van der Waals surface area contributed by atoms with Crippen LogP contribution in [0.2, 0.25) is 0 Å². The Bertz CT molecular complexity index is 816. The van der Waals surface area contributed by atoms with E-state index in [0.717, 1.165) is 16.8 Å². The van der Waals surface area contributed by atoms with Gasteiger partial charge in [0.2, 0.25) is 0 Å². The van der Waals surface area contributed by atoms with Crippen LogP contribution in [0, 0.1) is 11.3 Å². The minimum Gasteiger partial charge on any atom is -0.497 e. The van der Waals surface area contributed by atoms with Gasteiger partial charge >= 0.3 is 0 Å². The smallest absolute Gasteiger partial charge is 0.259 e. The Kier molecular flexibility index (Phi) is 3.86. The standard InChI is InChI=1S/C19H16N2O2/c1-13-11-15(12-20)21(18-6-4-3-5-17(13)18)19(22)14-7-9-16(23-2)10-8-14/h3-11,15H,1-2H3. The molecule has 0 N–H and O–H groups in total. The summed E-state index contributed by atoms with van der Waals surface area (Å²) in [6.45, 7) is 1.96. The topological polar surface area (TPSA) is 53.3 Å². The predicted molar refractivity (Wildman–Crippen MR) is 89.3 cm³/mol. The molecule has 0 saturated carbocycles. The number of rotatable bonds is 2. The van der Waals surface area contributed by atoms with Gasteiger partial charge in [-0.2, -0.15) is 5.26 Å². The molecule has 2 aromatic rings. The van der Waals surface area contributed by atoms with Crippen LogP contribution in [0.5, 0.6) is 5.75 Å². The summed E-state index contributed by atoms with van der Waals surface area (Å²) in [5.74, 6) is 0.489. The molecule has 23 heavy (non-hydrogen) atoms. The van der Waals surface area contributed by atoms with Gasteiger partial charge in [0.15, 0.2) is 0 Å². The lowest BCUT2D eigenvalue weighted by Crippen LogP contribution is -2.41. The molecule has 1 aliphatic heterocycles. The van der Waals surface area contributed by atoms with Crippen LogP contribution in [0.25, 0.3) is 5.57 Å². The van der Waals surface area contributed by atoms with E-state index >= 15 is 0 Å². The average Bonchev–Trinajstić information content (AvgIpc) is 2.61. The third-order valence-electron chi connectivity index (χ3n) is 3.96. The first-order valence-corrected chi connectivity index (χ1v) is 7.30. The van der Waals surface area contributed by atoms with Crippen molar-refractivity contribution in [3.8, 4) is 11.8 Å². The molecule has 3 rings (SSSR count). The summed E-state index contributed by atoms with van der Waals surface area (Å²) < 4.78 is 5.12. The van der Waals surface area contributed by atoms with Gasteiger partial charge in [-0.15, -0.1) is 0 Å². The van der Waals surface area contributed by atoms with Crippen molar-refractivity contribution >= 4 is 17.2 Å². The van der Waals surface area contributed by atoms with Crippen LogP contribution in [-0.2, 0) is 0 Å². The van der Waals surface area contributed by atoms with Crippen molar-refractivity contribution in [1.82, 2.24) is 0 Å². The lowest BCUT2D eigenvalue weighted by Gasteiger charge is -2.32. The van der Waals surface area contributed by atoms with Crippen LogP contribution >= 0.6 is 0 Å². The molecule has 1 unspecified atom stereocenters. The molecule has 4 heteroatoms. The van der Waals surface area contributed by atoms with E-state index in [1.54, 1.807) is 36.3 Å². The Labute approximate surface area is 135 Å². The molecule has 4 nitrogen and oxygen atoms in total. The number of allylic oxidation sites excluding steroid dienone is 1. The first kappa shape index (κ1) is 14.9. The number of hydrogen-bond donors (Lipinski definition) is 0. The summed E-state index contributed by atoms with van der Waals surface area (Å²) in [6, 6.07) is 16.1. The molecule has 0 aliphatic carbocycles. The number of para-hydroxylation sites is 1. The van der Waals surface area contributed by atoms with E-state index in [4.69, 9.17) is 4.74 Å². The number of hydrogen-bond acceptors (Lipinski definition) is 3. The van der Waals surface area contributed by atoms with Gasteiger partial charge in [0.05, 0.1) is 18.9 Å². The Balaban J connectivity index is 2.05. The van der Waals surface area contributed by atoms with Crippen LogP contribution in [0.1, 0.15) is 22.8 Å². The van der Waals surface area contributed by atoms with Gasteiger partial charge in [0, 0.05) is 11.1 Å². The van der Waals surface area contributed by atoms with Gasteiger partial charge in [-0.3, -0.25) is 9.69 Å². The number of nitriles is 1. The lowest BCUT2D eigenvalue weighted by atomic mass is 9.96. The van der Waals surface area contributed by atoms with Crippen molar-refractivity contribution in [3.63, 3.8) is 0 Å². The largest absolute Gasteiger partial charge is 0.497 e. The summed E-state index contributed by atoms with van der Waals surface area (Å²) in [5.41, 5.74) is 3.26. The van der Waals surface area contributed by atoms with Crippen LogP contribution in [0.15, 0.2) is 54.6 Å². The van der Waals surface area contributed by atoms with Crippen molar-refractivity contribution in [2.45, 2.75) is 13.0 Å². The average molecular weight is 304 g/mol. The summed E-state index contributed by atoms with van der Waals surface area (Å²) in [7, 11) is 1.58. The molecule has 0 aromatic heterocycles. The third kappa shape index (κ3) is 2.58. The van der Waals surface area contributed by atoms with E-state index < -0.39 is 6.04 Å². The van der Waals surface area contributed by atoms with Crippen molar-refractivity contribution in [2.75, 3.05) is 12.0 Å². The summed E-state index contributed by atoms with van der Waals surface area (Å²) >= 11 is 0. The SMILES string of the molecule is COc1ccc(C(=O)N2c3ccccc3C(C)=CC2C#N)cc1. The fraction of sp³-hybridized carbons (Fsp3) is 0.158. The monoisotopic (exact) mass is 304 g/mol. The van der Waals surface area contributed by atoms with E-state index in [-0.39, 0.29) is 5.91 Å². The summed E-state index contributed by atoms with van der Waals surface area (Å²) in [5, 5.41) is 9.47. The number of anilines is 1. The number of amides is 1. The van der Waals surface area contributed by atoms with Gasteiger partial charge in [-0.05, 0) is 48.9 Å². The lowest BCUT2D eigenvalue weighted by molar-refractivity contribution is 0.0985.